The fraction of sp³-hybridized carbons (Fsp3) is 0.154. The van der Waals surface area contributed by atoms with Gasteiger partial charge in [-0.15, -0.1) is 0 Å². The zero-order valence-corrected chi connectivity index (χ0v) is 13.7. The fourth-order valence-electron chi connectivity index (χ4n) is 1.89. The van der Waals surface area contributed by atoms with Crippen LogP contribution in [0.5, 0.6) is 0 Å². The van der Waals surface area contributed by atoms with Crippen LogP contribution >= 0.6 is 11.6 Å². The van der Waals surface area contributed by atoms with E-state index in [1.165, 1.54) is 12.1 Å². The maximum absolute atomic E-state index is 12.7. The molecular formula is C13H9ClF3N3O4S. The van der Waals surface area contributed by atoms with Crippen LogP contribution in [-0.2, 0) is 22.7 Å². The molecule has 1 N–H and O–H groups in total. The third-order valence-corrected chi connectivity index (χ3v) is 4.61. The first kappa shape index (κ1) is 19.1. The molecule has 2 aromatic rings. The molecule has 0 saturated carbocycles. The highest BCUT2D eigenvalue weighted by Gasteiger charge is 2.32. The van der Waals surface area contributed by atoms with Crippen LogP contribution in [0, 0.1) is 10.1 Å². The molecular weight excluding hydrogens is 387 g/mol. The fourth-order valence-corrected chi connectivity index (χ4v) is 3.28. The zero-order chi connectivity index (χ0) is 18.8. The minimum Gasteiger partial charge on any atom is -0.258 e. The van der Waals surface area contributed by atoms with Crippen LogP contribution in [0.3, 0.4) is 0 Å². The van der Waals surface area contributed by atoms with Gasteiger partial charge in [0.1, 0.15) is 5.15 Å². The summed E-state index contributed by atoms with van der Waals surface area (Å²) in [6.45, 7) is -0.627. The predicted octanol–water partition coefficient (Wildman–Crippen LogP) is 3.14. The van der Waals surface area contributed by atoms with Crippen molar-refractivity contribution in [1.29, 1.82) is 0 Å². The van der Waals surface area contributed by atoms with E-state index in [0.717, 1.165) is 12.1 Å². The van der Waals surface area contributed by atoms with Gasteiger partial charge in [0.15, 0.2) is 4.90 Å². The van der Waals surface area contributed by atoms with Crippen molar-refractivity contribution in [2.75, 3.05) is 0 Å². The molecule has 0 fully saturated rings. The number of rotatable bonds is 5. The van der Waals surface area contributed by atoms with Crippen molar-refractivity contribution in [3.63, 3.8) is 0 Å². The van der Waals surface area contributed by atoms with Gasteiger partial charge in [0, 0.05) is 6.07 Å². The largest absolute Gasteiger partial charge is 0.416 e. The van der Waals surface area contributed by atoms with E-state index < -0.39 is 49.0 Å². The van der Waals surface area contributed by atoms with E-state index in [-0.39, 0.29) is 5.69 Å². The Morgan fingerprint density at radius 1 is 1.24 bits per heavy atom. The minimum absolute atomic E-state index is 0.290. The normalized spacial score (nSPS) is 12.2. The van der Waals surface area contributed by atoms with E-state index >= 15 is 0 Å². The molecule has 1 heterocycles. The van der Waals surface area contributed by atoms with Gasteiger partial charge in [-0.2, -0.15) is 13.2 Å². The molecule has 134 valence electrons. The molecule has 0 amide bonds. The number of nitro benzene ring substituents is 1. The Hall–Kier alpha value is -2.24. The predicted molar refractivity (Wildman–Crippen MR) is 81.4 cm³/mol. The first-order valence-electron chi connectivity index (χ1n) is 6.47. The molecule has 0 unspecified atom stereocenters. The molecule has 0 atom stereocenters. The Balaban J connectivity index is 2.30. The first-order valence-corrected chi connectivity index (χ1v) is 8.33. The number of pyridine rings is 1. The minimum atomic E-state index is -4.68. The summed E-state index contributed by atoms with van der Waals surface area (Å²) < 4.78 is 64.6. The molecule has 1 aromatic carbocycles. The maximum Gasteiger partial charge on any atom is 0.416 e. The average Bonchev–Trinajstić information content (AvgIpc) is 2.52. The molecule has 7 nitrogen and oxygen atoms in total. The third kappa shape index (κ3) is 4.65. The van der Waals surface area contributed by atoms with Crippen LogP contribution in [0.4, 0.5) is 18.9 Å². The van der Waals surface area contributed by atoms with Gasteiger partial charge in [0.25, 0.3) is 5.69 Å². The number of para-hydroxylation sites is 1. The van der Waals surface area contributed by atoms with Crippen LogP contribution in [0.15, 0.2) is 41.3 Å². The molecule has 0 bridgehead atoms. The quantitative estimate of drug-likeness (QED) is 0.476. The van der Waals surface area contributed by atoms with Crippen LogP contribution in [0.2, 0.25) is 5.15 Å². The first-order chi connectivity index (χ1) is 11.5. The molecule has 2 rings (SSSR count). The monoisotopic (exact) mass is 395 g/mol. The van der Waals surface area contributed by atoms with Gasteiger partial charge < -0.3 is 0 Å². The number of nitro groups is 1. The number of benzene rings is 1. The van der Waals surface area contributed by atoms with E-state index in [9.17, 15) is 31.7 Å². The van der Waals surface area contributed by atoms with Crippen molar-refractivity contribution in [3.8, 4) is 0 Å². The van der Waals surface area contributed by atoms with E-state index in [2.05, 4.69) is 4.98 Å². The number of nitrogens with one attached hydrogen (secondary N) is 1. The van der Waals surface area contributed by atoms with Crippen molar-refractivity contribution < 1.29 is 26.5 Å². The van der Waals surface area contributed by atoms with Gasteiger partial charge in [0.2, 0.25) is 10.0 Å². The van der Waals surface area contributed by atoms with Crippen molar-refractivity contribution >= 4 is 27.3 Å². The van der Waals surface area contributed by atoms with E-state index in [1.807, 2.05) is 4.72 Å². The number of aromatic nitrogens is 1. The topological polar surface area (TPSA) is 102 Å². The number of hydrogen-bond donors (Lipinski definition) is 1. The summed E-state index contributed by atoms with van der Waals surface area (Å²) in [4.78, 5) is 13.0. The lowest BCUT2D eigenvalue weighted by Crippen LogP contribution is -2.24. The Kier molecular flexibility index (Phi) is 5.30. The number of nitrogens with zero attached hydrogens (tertiary/aromatic N) is 2. The standard InChI is InChI=1S/C13H9ClF3N3O4S/c14-12-6-8(13(15,16)17)5-9(19-12)7-18-25(23,24)11-4-2-1-3-10(11)20(21)22/h1-6,18H,7H2. The lowest BCUT2D eigenvalue weighted by molar-refractivity contribution is -0.387. The van der Waals surface area contributed by atoms with Crippen LogP contribution in [0.25, 0.3) is 0 Å². The molecule has 0 aliphatic carbocycles. The van der Waals surface area contributed by atoms with Gasteiger partial charge in [-0.3, -0.25) is 10.1 Å². The Morgan fingerprint density at radius 3 is 2.48 bits per heavy atom. The van der Waals surface area contributed by atoms with Gasteiger partial charge in [0.05, 0.1) is 22.7 Å². The summed E-state index contributed by atoms with van der Waals surface area (Å²) in [6, 6.07) is 5.79. The summed E-state index contributed by atoms with van der Waals surface area (Å²) in [5.41, 5.74) is -2.04. The van der Waals surface area contributed by atoms with Gasteiger partial charge >= 0.3 is 6.18 Å². The van der Waals surface area contributed by atoms with Crippen molar-refractivity contribution in [3.05, 3.63) is 62.9 Å². The number of hydrogen-bond acceptors (Lipinski definition) is 5. The second-order valence-electron chi connectivity index (χ2n) is 4.72. The highest BCUT2D eigenvalue weighted by Crippen LogP contribution is 2.31. The van der Waals surface area contributed by atoms with E-state index in [0.29, 0.717) is 12.1 Å². The summed E-state index contributed by atoms with van der Waals surface area (Å²) in [5, 5.41) is 10.4. The molecule has 0 aliphatic heterocycles. The summed E-state index contributed by atoms with van der Waals surface area (Å²) in [6.07, 6.45) is -4.68. The number of sulfonamides is 1. The van der Waals surface area contributed by atoms with Crippen molar-refractivity contribution in [2.24, 2.45) is 0 Å². The van der Waals surface area contributed by atoms with Crippen LogP contribution in [0.1, 0.15) is 11.3 Å². The van der Waals surface area contributed by atoms with Gasteiger partial charge in [-0.05, 0) is 18.2 Å². The molecule has 0 aliphatic rings. The maximum atomic E-state index is 12.7. The summed E-state index contributed by atoms with van der Waals surface area (Å²) in [7, 11) is -4.35. The second-order valence-corrected chi connectivity index (χ2v) is 6.84. The average molecular weight is 396 g/mol. The molecule has 0 radical (unpaired) electrons. The van der Waals surface area contributed by atoms with Crippen molar-refractivity contribution in [1.82, 2.24) is 9.71 Å². The highest BCUT2D eigenvalue weighted by atomic mass is 35.5. The third-order valence-electron chi connectivity index (χ3n) is 2.97. The highest BCUT2D eigenvalue weighted by molar-refractivity contribution is 7.89. The smallest absolute Gasteiger partial charge is 0.258 e. The Bertz CT molecular complexity index is 919. The summed E-state index contributed by atoms with van der Waals surface area (Å²) in [5.74, 6) is 0. The van der Waals surface area contributed by atoms with Crippen LogP contribution < -0.4 is 4.72 Å². The lowest BCUT2D eigenvalue weighted by atomic mass is 10.2. The Labute approximate surface area is 144 Å². The Morgan fingerprint density at radius 2 is 1.88 bits per heavy atom. The summed E-state index contributed by atoms with van der Waals surface area (Å²) >= 11 is 5.51. The molecule has 1 aromatic heterocycles. The van der Waals surface area contributed by atoms with Gasteiger partial charge in [-0.25, -0.2) is 18.1 Å². The molecule has 0 saturated heterocycles. The molecule has 12 heteroatoms. The lowest BCUT2D eigenvalue weighted by Gasteiger charge is -2.10. The second kappa shape index (κ2) is 6.94. The number of alkyl halides is 3. The zero-order valence-electron chi connectivity index (χ0n) is 12.1. The van der Waals surface area contributed by atoms with Crippen molar-refractivity contribution in [2.45, 2.75) is 17.6 Å². The van der Waals surface area contributed by atoms with E-state index in [1.54, 1.807) is 0 Å². The molecule has 25 heavy (non-hydrogen) atoms. The number of halogens is 4. The SMILES string of the molecule is O=[N+]([O-])c1ccccc1S(=O)(=O)NCc1cc(C(F)(F)F)cc(Cl)n1. The van der Waals surface area contributed by atoms with Gasteiger partial charge in [-0.1, -0.05) is 23.7 Å². The van der Waals surface area contributed by atoms with E-state index in [4.69, 9.17) is 11.6 Å². The van der Waals surface area contributed by atoms with Crippen LogP contribution in [-0.4, -0.2) is 18.3 Å². The molecule has 0 spiro atoms.